The molecule has 0 saturated heterocycles. The molecule has 0 N–H and O–H groups in total. The van der Waals surface area contributed by atoms with Gasteiger partial charge in [0.2, 0.25) is 0 Å². The van der Waals surface area contributed by atoms with Crippen molar-refractivity contribution in [3.8, 4) is 0 Å². The summed E-state index contributed by atoms with van der Waals surface area (Å²) in [6, 6.07) is 0. The van der Waals surface area contributed by atoms with E-state index in [1.807, 2.05) is 0 Å². The maximum absolute atomic E-state index is 11.6. The van der Waals surface area contributed by atoms with E-state index >= 15 is 0 Å². The number of carbonyl (C=O) groups excluding carboxylic acids is 1. The van der Waals surface area contributed by atoms with E-state index in [9.17, 15) is 4.79 Å². The number of carbonyl (C=O) groups is 1. The summed E-state index contributed by atoms with van der Waals surface area (Å²) in [6.07, 6.45) is 20.7. The number of rotatable bonds is 20. The SMILES string of the molecule is CCCCCCCCCCCCCCCCCC(=O)OCCO[Si](C)(C)C. The minimum absolute atomic E-state index is 0.0659. The lowest BCUT2D eigenvalue weighted by Gasteiger charge is -2.16. The Kier molecular flexibility index (Phi) is 18.7. The van der Waals surface area contributed by atoms with Crippen molar-refractivity contribution in [1.82, 2.24) is 0 Å². The van der Waals surface area contributed by atoms with Gasteiger partial charge in [0.15, 0.2) is 8.32 Å². The third-order valence-electron chi connectivity index (χ3n) is 4.87. The van der Waals surface area contributed by atoms with Gasteiger partial charge >= 0.3 is 5.97 Å². The summed E-state index contributed by atoms with van der Waals surface area (Å²) < 4.78 is 10.9. The molecule has 0 radical (unpaired) electrons. The Hall–Kier alpha value is -0.353. The minimum Gasteiger partial charge on any atom is -0.463 e. The Morgan fingerprint density at radius 1 is 0.630 bits per heavy atom. The van der Waals surface area contributed by atoms with E-state index in [1.54, 1.807) is 0 Å². The summed E-state index contributed by atoms with van der Waals surface area (Å²) in [5.41, 5.74) is 0. The van der Waals surface area contributed by atoms with Gasteiger partial charge in [-0.25, -0.2) is 0 Å². The molecule has 0 aromatic heterocycles. The maximum Gasteiger partial charge on any atom is 0.305 e. The first-order valence-corrected chi connectivity index (χ1v) is 15.2. The highest BCUT2D eigenvalue weighted by Crippen LogP contribution is 2.13. The molecule has 0 heterocycles. The molecule has 0 aliphatic rings. The fourth-order valence-electron chi connectivity index (χ4n) is 3.22. The molecule has 0 saturated carbocycles. The van der Waals surface area contributed by atoms with E-state index < -0.39 is 8.32 Å². The molecule has 0 unspecified atom stereocenters. The molecule has 4 heteroatoms. The van der Waals surface area contributed by atoms with Gasteiger partial charge in [-0.15, -0.1) is 0 Å². The summed E-state index contributed by atoms with van der Waals surface area (Å²) in [7, 11) is -1.48. The Bertz CT molecular complexity index is 326. The zero-order chi connectivity index (χ0) is 20.2. The smallest absolute Gasteiger partial charge is 0.305 e. The van der Waals surface area contributed by atoms with Gasteiger partial charge in [0.25, 0.3) is 0 Å². The van der Waals surface area contributed by atoms with Crippen LogP contribution >= 0.6 is 0 Å². The number of unbranched alkanes of at least 4 members (excludes halogenated alkanes) is 14. The fraction of sp³-hybridized carbons (Fsp3) is 0.957. The Morgan fingerprint density at radius 3 is 1.44 bits per heavy atom. The monoisotopic (exact) mass is 400 g/mol. The van der Waals surface area contributed by atoms with Crippen molar-refractivity contribution in [2.24, 2.45) is 0 Å². The van der Waals surface area contributed by atoms with Crippen LogP contribution in [0.1, 0.15) is 110 Å². The van der Waals surface area contributed by atoms with E-state index in [4.69, 9.17) is 9.16 Å². The van der Waals surface area contributed by atoms with E-state index in [-0.39, 0.29) is 5.97 Å². The predicted molar refractivity (Wildman–Crippen MR) is 120 cm³/mol. The molecule has 0 rings (SSSR count). The van der Waals surface area contributed by atoms with E-state index in [0.29, 0.717) is 19.6 Å². The minimum atomic E-state index is -1.48. The second kappa shape index (κ2) is 19.0. The molecule has 27 heavy (non-hydrogen) atoms. The number of ether oxygens (including phenoxy) is 1. The highest BCUT2D eigenvalue weighted by molar-refractivity contribution is 6.69. The summed E-state index contributed by atoms with van der Waals surface area (Å²) >= 11 is 0. The van der Waals surface area contributed by atoms with Crippen molar-refractivity contribution in [3.63, 3.8) is 0 Å². The van der Waals surface area contributed by atoms with Crippen LogP contribution in [0.5, 0.6) is 0 Å². The quantitative estimate of drug-likeness (QED) is 0.120. The molecule has 0 aliphatic heterocycles. The summed E-state index contributed by atoms with van der Waals surface area (Å²) in [5, 5.41) is 0. The topological polar surface area (TPSA) is 35.5 Å². The van der Waals surface area contributed by atoms with Gasteiger partial charge in [-0.2, -0.15) is 0 Å². The molecule has 0 amide bonds. The number of hydrogen-bond donors (Lipinski definition) is 0. The number of esters is 1. The summed E-state index contributed by atoms with van der Waals surface area (Å²) in [5.74, 6) is -0.0659. The van der Waals surface area contributed by atoms with Crippen LogP contribution in [0.3, 0.4) is 0 Å². The van der Waals surface area contributed by atoms with Crippen LogP contribution in [0.4, 0.5) is 0 Å². The lowest BCUT2D eigenvalue weighted by atomic mass is 10.0. The molecule has 0 bridgehead atoms. The van der Waals surface area contributed by atoms with Crippen LogP contribution < -0.4 is 0 Å². The van der Waals surface area contributed by atoms with Gasteiger partial charge in [-0.3, -0.25) is 4.79 Å². The zero-order valence-electron chi connectivity index (χ0n) is 19.0. The standard InChI is InChI=1S/C23H48O3Si/c1-5-6-7-8-9-10-11-12-13-14-15-16-17-18-19-20-23(24)25-21-22-26-27(2,3)4/h5-22H2,1-4H3. The normalized spacial score (nSPS) is 11.7. The first-order valence-electron chi connectivity index (χ1n) is 11.8. The van der Waals surface area contributed by atoms with Crippen LogP contribution in [0.25, 0.3) is 0 Å². The Balaban J connectivity index is 3.17. The fourth-order valence-corrected chi connectivity index (χ4v) is 3.91. The molecule has 0 aliphatic carbocycles. The van der Waals surface area contributed by atoms with Gasteiger partial charge in [0.1, 0.15) is 6.61 Å². The van der Waals surface area contributed by atoms with Crippen molar-refractivity contribution in [2.45, 2.75) is 129 Å². The summed E-state index contributed by atoms with van der Waals surface area (Å²) in [4.78, 5) is 11.6. The molecule has 0 fully saturated rings. The first-order chi connectivity index (χ1) is 13.0. The molecular formula is C23H48O3Si. The van der Waals surface area contributed by atoms with Gasteiger partial charge in [-0.05, 0) is 26.1 Å². The van der Waals surface area contributed by atoms with Crippen molar-refractivity contribution in [2.75, 3.05) is 13.2 Å². The van der Waals surface area contributed by atoms with Crippen LogP contribution in [-0.4, -0.2) is 27.5 Å². The lowest BCUT2D eigenvalue weighted by Crippen LogP contribution is -2.27. The van der Waals surface area contributed by atoms with E-state index in [0.717, 1.165) is 12.8 Å². The van der Waals surface area contributed by atoms with E-state index in [2.05, 4.69) is 26.6 Å². The van der Waals surface area contributed by atoms with Gasteiger partial charge in [0.05, 0.1) is 6.61 Å². The molecule has 0 aromatic rings. The molecule has 0 atom stereocenters. The lowest BCUT2D eigenvalue weighted by molar-refractivity contribution is -0.144. The highest BCUT2D eigenvalue weighted by atomic mass is 28.4. The highest BCUT2D eigenvalue weighted by Gasteiger charge is 2.13. The number of hydrogen-bond acceptors (Lipinski definition) is 3. The zero-order valence-corrected chi connectivity index (χ0v) is 20.0. The average Bonchev–Trinajstić information content (AvgIpc) is 2.61. The van der Waals surface area contributed by atoms with Crippen molar-refractivity contribution in [1.29, 1.82) is 0 Å². The maximum atomic E-state index is 11.6. The third kappa shape index (κ3) is 23.6. The molecule has 0 spiro atoms. The molecule has 0 aromatic carbocycles. The van der Waals surface area contributed by atoms with Crippen LogP contribution in [-0.2, 0) is 14.0 Å². The third-order valence-corrected chi connectivity index (χ3v) is 5.94. The predicted octanol–water partition coefficient (Wildman–Crippen LogP) is 7.64. The first kappa shape index (κ1) is 26.6. The van der Waals surface area contributed by atoms with Crippen molar-refractivity contribution < 1.29 is 14.0 Å². The largest absolute Gasteiger partial charge is 0.463 e. The van der Waals surface area contributed by atoms with Crippen LogP contribution in [0, 0.1) is 0 Å². The second-order valence-electron chi connectivity index (χ2n) is 8.88. The van der Waals surface area contributed by atoms with E-state index in [1.165, 1.54) is 83.5 Å². The Labute approximate surface area is 171 Å². The van der Waals surface area contributed by atoms with Crippen LogP contribution in [0.15, 0.2) is 0 Å². The summed E-state index contributed by atoms with van der Waals surface area (Å²) in [6.45, 7) is 9.66. The Morgan fingerprint density at radius 2 is 1.04 bits per heavy atom. The van der Waals surface area contributed by atoms with Gasteiger partial charge < -0.3 is 9.16 Å². The van der Waals surface area contributed by atoms with Gasteiger partial charge in [0, 0.05) is 6.42 Å². The van der Waals surface area contributed by atoms with Gasteiger partial charge in [-0.1, -0.05) is 96.8 Å². The average molecular weight is 401 g/mol. The molecular weight excluding hydrogens is 352 g/mol. The molecule has 3 nitrogen and oxygen atoms in total. The van der Waals surface area contributed by atoms with Crippen molar-refractivity contribution >= 4 is 14.3 Å². The second-order valence-corrected chi connectivity index (χ2v) is 13.4. The van der Waals surface area contributed by atoms with Crippen molar-refractivity contribution in [3.05, 3.63) is 0 Å². The van der Waals surface area contributed by atoms with Crippen LogP contribution in [0.2, 0.25) is 19.6 Å². The molecule has 162 valence electrons.